The Morgan fingerprint density at radius 2 is 2.00 bits per heavy atom. The van der Waals surface area contributed by atoms with Gasteiger partial charge in [0.2, 0.25) is 5.91 Å². The number of nitrogens with zero attached hydrogens (tertiary/aromatic N) is 1. The van der Waals surface area contributed by atoms with Crippen molar-refractivity contribution in [2.24, 2.45) is 5.92 Å². The zero-order valence-electron chi connectivity index (χ0n) is 16.4. The highest BCUT2D eigenvalue weighted by Crippen LogP contribution is 2.28. The normalized spacial score (nSPS) is 11.9. The number of esters is 1. The molecule has 0 aliphatic carbocycles. The summed E-state index contributed by atoms with van der Waals surface area (Å²) in [5, 5.41) is 9.05. The molecule has 1 atom stereocenters. The van der Waals surface area contributed by atoms with E-state index in [0.717, 1.165) is 5.56 Å². The van der Waals surface area contributed by atoms with Crippen LogP contribution in [0.1, 0.15) is 25.8 Å². The number of aliphatic hydroxyl groups excluding tert-OH is 1. The second-order valence-corrected chi connectivity index (χ2v) is 5.96. The first-order valence-electron chi connectivity index (χ1n) is 8.93. The number of hydrogen-bond acceptors (Lipinski definition) is 6. The van der Waals surface area contributed by atoms with Crippen LogP contribution >= 0.6 is 0 Å². The maximum absolute atomic E-state index is 12.5. The summed E-state index contributed by atoms with van der Waals surface area (Å²) in [5.41, 5.74) is 0.784. The molecule has 0 aromatic heterocycles. The van der Waals surface area contributed by atoms with Gasteiger partial charge in [0.1, 0.15) is 0 Å². The highest BCUT2D eigenvalue weighted by molar-refractivity contribution is 5.92. The molecule has 1 aromatic rings. The van der Waals surface area contributed by atoms with Crippen LogP contribution in [0.2, 0.25) is 0 Å². The van der Waals surface area contributed by atoms with Gasteiger partial charge in [-0.15, -0.1) is 0 Å². The molecule has 1 unspecified atom stereocenters. The third-order valence-electron chi connectivity index (χ3n) is 3.90. The Balaban J connectivity index is 2.88. The molecule has 0 spiro atoms. The summed E-state index contributed by atoms with van der Waals surface area (Å²) < 4.78 is 15.5. The lowest BCUT2D eigenvalue weighted by Crippen LogP contribution is -2.37. The largest absolute Gasteiger partial charge is 0.493 e. The topological polar surface area (TPSA) is 85.3 Å². The van der Waals surface area contributed by atoms with Gasteiger partial charge in [0.05, 0.1) is 26.7 Å². The molecule has 1 rings (SSSR count). The van der Waals surface area contributed by atoms with E-state index in [4.69, 9.17) is 19.3 Å². The van der Waals surface area contributed by atoms with E-state index in [0.29, 0.717) is 31.1 Å². The first kappa shape index (κ1) is 22.5. The van der Waals surface area contributed by atoms with Crippen molar-refractivity contribution in [1.82, 2.24) is 4.90 Å². The molecule has 0 fully saturated rings. The lowest BCUT2D eigenvalue weighted by Gasteiger charge is -2.23. The van der Waals surface area contributed by atoms with E-state index in [1.54, 1.807) is 32.2 Å². The van der Waals surface area contributed by atoms with Crippen molar-refractivity contribution in [3.05, 3.63) is 29.8 Å². The molecule has 0 saturated heterocycles. The van der Waals surface area contributed by atoms with Crippen molar-refractivity contribution in [3.8, 4) is 11.5 Å². The molecule has 1 N–H and O–H groups in total. The first-order chi connectivity index (χ1) is 13.0. The van der Waals surface area contributed by atoms with E-state index < -0.39 is 5.92 Å². The lowest BCUT2D eigenvalue weighted by atomic mass is 10.1. The minimum Gasteiger partial charge on any atom is -0.493 e. The summed E-state index contributed by atoms with van der Waals surface area (Å²) in [6.07, 6.45) is 3.55. The van der Waals surface area contributed by atoms with Crippen LogP contribution in [-0.2, 0) is 14.3 Å². The summed E-state index contributed by atoms with van der Waals surface area (Å²) in [4.78, 5) is 25.7. The molecule has 1 aromatic carbocycles. The van der Waals surface area contributed by atoms with Gasteiger partial charge in [-0.3, -0.25) is 9.59 Å². The Bertz CT molecular complexity index is 643. The van der Waals surface area contributed by atoms with Crippen LogP contribution in [0, 0.1) is 5.92 Å². The van der Waals surface area contributed by atoms with Gasteiger partial charge in [-0.25, -0.2) is 0 Å². The zero-order chi connectivity index (χ0) is 20.2. The highest BCUT2D eigenvalue weighted by Gasteiger charge is 2.20. The van der Waals surface area contributed by atoms with Crippen LogP contribution in [0.3, 0.4) is 0 Å². The molecule has 0 saturated carbocycles. The quantitative estimate of drug-likeness (QED) is 0.468. The van der Waals surface area contributed by atoms with Gasteiger partial charge in [0.25, 0.3) is 0 Å². The minimum atomic E-state index is -0.448. The van der Waals surface area contributed by atoms with Crippen LogP contribution in [0.25, 0.3) is 6.08 Å². The van der Waals surface area contributed by atoms with Crippen LogP contribution in [0.4, 0.5) is 0 Å². The Hall–Kier alpha value is -2.54. The third-order valence-corrected chi connectivity index (χ3v) is 3.90. The van der Waals surface area contributed by atoms with Gasteiger partial charge >= 0.3 is 5.97 Å². The summed E-state index contributed by atoms with van der Waals surface area (Å²) in [7, 11) is 2.87. The summed E-state index contributed by atoms with van der Waals surface area (Å²) in [6.45, 7) is 4.67. The molecule has 27 heavy (non-hydrogen) atoms. The molecule has 0 aliphatic rings. The van der Waals surface area contributed by atoms with Crippen molar-refractivity contribution in [2.75, 3.05) is 40.5 Å². The Labute approximate surface area is 160 Å². The minimum absolute atomic E-state index is 0.0316. The van der Waals surface area contributed by atoms with Crippen molar-refractivity contribution in [2.45, 2.75) is 20.3 Å². The van der Waals surface area contributed by atoms with E-state index in [1.807, 2.05) is 13.0 Å². The monoisotopic (exact) mass is 379 g/mol. The van der Waals surface area contributed by atoms with Gasteiger partial charge in [-0.2, -0.15) is 0 Å². The van der Waals surface area contributed by atoms with Gasteiger partial charge in [-0.1, -0.05) is 13.0 Å². The number of amides is 1. The SMILES string of the molecule is CCOc1ccc(/C=C/C(=O)N(CCCO)CC(C)C(=O)OC)cc1OC. The Kier molecular flexibility index (Phi) is 9.96. The fourth-order valence-electron chi connectivity index (χ4n) is 2.49. The average molecular weight is 379 g/mol. The Morgan fingerprint density at radius 1 is 1.26 bits per heavy atom. The van der Waals surface area contributed by atoms with Gasteiger partial charge < -0.3 is 24.2 Å². The smallest absolute Gasteiger partial charge is 0.310 e. The van der Waals surface area contributed by atoms with Gasteiger partial charge in [-0.05, 0) is 37.1 Å². The Morgan fingerprint density at radius 3 is 2.59 bits per heavy atom. The maximum atomic E-state index is 12.5. The number of carbonyl (C=O) groups excluding carboxylic acids is 2. The second-order valence-electron chi connectivity index (χ2n) is 5.96. The molecule has 0 aliphatic heterocycles. The predicted molar refractivity (Wildman–Crippen MR) is 103 cm³/mol. The molecule has 0 bridgehead atoms. The fraction of sp³-hybridized carbons (Fsp3) is 0.500. The molecule has 1 amide bonds. The predicted octanol–water partition coefficient (Wildman–Crippen LogP) is 2.13. The number of rotatable bonds is 11. The number of ether oxygens (including phenoxy) is 3. The van der Waals surface area contributed by atoms with Crippen molar-refractivity contribution < 1.29 is 28.9 Å². The first-order valence-corrected chi connectivity index (χ1v) is 8.93. The fourth-order valence-corrected chi connectivity index (χ4v) is 2.49. The highest BCUT2D eigenvalue weighted by atomic mass is 16.5. The lowest BCUT2D eigenvalue weighted by molar-refractivity contribution is -0.146. The zero-order valence-corrected chi connectivity index (χ0v) is 16.4. The molecule has 150 valence electrons. The number of benzene rings is 1. The molecule has 0 heterocycles. The van der Waals surface area contributed by atoms with Crippen molar-refractivity contribution in [1.29, 1.82) is 0 Å². The van der Waals surface area contributed by atoms with Gasteiger partial charge in [0.15, 0.2) is 11.5 Å². The summed E-state index contributed by atoms with van der Waals surface area (Å²) >= 11 is 0. The maximum Gasteiger partial charge on any atom is 0.310 e. The number of aliphatic hydroxyl groups is 1. The molecular weight excluding hydrogens is 350 g/mol. The van der Waals surface area contributed by atoms with E-state index >= 15 is 0 Å². The molecule has 7 nitrogen and oxygen atoms in total. The van der Waals surface area contributed by atoms with E-state index in [9.17, 15) is 9.59 Å². The van der Waals surface area contributed by atoms with Crippen molar-refractivity contribution >= 4 is 18.0 Å². The summed E-state index contributed by atoms with van der Waals surface area (Å²) in [5.74, 6) is 0.156. The number of hydrogen-bond donors (Lipinski definition) is 1. The average Bonchev–Trinajstić information content (AvgIpc) is 2.69. The van der Waals surface area contributed by atoms with Crippen molar-refractivity contribution in [3.63, 3.8) is 0 Å². The summed E-state index contributed by atoms with van der Waals surface area (Å²) in [6, 6.07) is 5.39. The van der Waals surface area contributed by atoms with Crippen LogP contribution in [-0.4, -0.2) is 62.4 Å². The number of carbonyl (C=O) groups is 2. The molecule has 0 radical (unpaired) electrons. The van der Waals surface area contributed by atoms with E-state index in [-0.39, 0.29) is 25.0 Å². The van der Waals surface area contributed by atoms with E-state index in [1.165, 1.54) is 18.1 Å². The second kappa shape index (κ2) is 12.0. The van der Waals surface area contributed by atoms with Gasteiger partial charge in [0, 0.05) is 25.8 Å². The van der Waals surface area contributed by atoms with E-state index in [2.05, 4.69) is 0 Å². The number of methoxy groups -OCH3 is 2. The standard InChI is InChI=1S/C20H29NO6/c1-5-27-17-9-7-16(13-18(17)25-3)8-10-19(23)21(11-6-12-22)14-15(2)20(24)26-4/h7-10,13,15,22H,5-6,11-12,14H2,1-4H3/b10-8+. The molecular formula is C20H29NO6. The molecule has 7 heteroatoms. The van der Waals surface area contributed by atoms with Crippen LogP contribution in [0.5, 0.6) is 11.5 Å². The van der Waals surface area contributed by atoms with Crippen LogP contribution < -0.4 is 9.47 Å². The third kappa shape index (κ3) is 7.30. The van der Waals surface area contributed by atoms with Crippen LogP contribution in [0.15, 0.2) is 24.3 Å².